The van der Waals surface area contributed by atoms with Gasteiger partial charge in [0.1, 0.15) is 11.5 Å². The SMILES string of the molecule is Nc1cc(S(=O)(=O)NCc2ncc[nH]2)ccc1[N+](=O)[O-]. The topological polar surface area (TPSA) is 144 Å². The van der Waals surface area contributed by atoms with Crippen LogP contribution >= 0.6 is 0 Å². The minimum Gasteiger partial charge on any atom is -0.393 e. The van der Waals surface area contributed by atoms with Gasteiger partial charge in [-0.15, -0.1) is 0 Å². The summed E-state index contributed by atoms with van der Waals surface area (Å²) in [5.74, 6) is 0.448. The summed E-state index contributed by atoms with van der Waals surface area (Å²) in [7, 11) is -3.81. The fourth-order valence-corrected chi connectivity index (χ4v) is 2.53. The second-order valence-corrected chi connectivity index (χ2v) is 5.61. The van der Waals surface area contributed by atoms with Crippen LogP contribution in [0.25, 0.3) is 0 Å². The molecule has 0 saturated heterocycles. The molecule has 0 aliphatic rings. The lowest BCUT2D eigenvalue weighted by atomic mass is 10.3. The van der Waals surface area contributed by atoms with Gasteiger partial charge < -0.3 is 10.7 Å². The number of H-pyrrole nitrogens is 1. The molecule has 0 spiro atoms. The van der Waals surface area contributed by atoms with Crippen molar-refractivity contribution >= 4 is 21.4 Å². The number of hydrogen-bond acceptors (Lipinski definition) is 6. The van der Waals surface area contributed by atoms with E-state index in [1.807, 2.05) is 0 Å². The molecule has 1 heterocycles. The lowest BCUT2D eigenvalue weighted by Gasteiger charge is -2.06. The molecule has 0 aliphatic carbocycles. The van der Waals surface area contributed by atoms with Crippen molar-refractivity contribution in [3.63, 3.8) is 0 Å². The Hall–Kier alpha value is -2.46. The van der Waals surface area contributed by atoms with Gasteiger partial charge in [-0.3, -0.25) is 10.1 Å². The molecule has 0 unspecified atom stereocenters. The molecule has 1 aromatic heterocycles. The first-order valence-electron chi connectivity index (χ1n) is 5.42. The van der Waals surface area contributed by atoms with E-state index in [-0.39, 0.29) is 22.8 Å². The maximum absolute atomic E-state index is 12.0. The Balaban J connectivity index is 2.21. The molecule has 0 radical (unpaired) electrons. The van der Waals surface area contributed by atoms with Crippen LogP contribution in [0.1, 0.15) is 5.82 Å². The molecule has 2 aromatic rings. The first-order valence-corrected chi connectivity index (χ1v) is 6.90. The largest absolute Gasteiger partial charge is 0.393 e. The van der Waals surface area contributed by atoms with E-state index >= 15 is 0 Å². The first-order chi connectivity index (χ1) is 9.40. The minimum absolute atomic E-state index is 0.0216. The van der Waals surface area contributed by atoms with E-state index in [9.17, 15) is 18.5 Å². The maximum atomic E-state index is 12.0. The molecule has 0 fully saturated rings. The van der Waals surface area contributed by atoms with Gasteiger partial charge in [-0.2, -0.15) is 0 Å². The van der Waals surface area contributed by atoms with Crippen molar-refractivity contribution in [1.82, 2.24) is 14.7 Å². The molecule has 106 valence electrons. The van der Waals surface area contributed by atoms with Gasteiger partial charge in [-0.05, 0) is 12.1 Å². The molecule has 2 rings (SSSR count). The second kappa shape index (κ2) is 5.27. The lowest BCUT2D eigenvalue weighted by molar-refractivity contribution is -0.383. The van der Waals surface area contributed by atoms with Crippen molar-refractivity contribution in [2.24, 2.45) is 0 Å². The fourth-order valence-electron chi connectivity index (χ4n) is 1.51. The van der Waals surface area contributed by atoms with E-state index in [2.05, 4.69) is 14.7 Å². The summed E-state index contributed by atoms with van der Waals surface area (Å²) in [6, 6.07) is 3.22. The summed E-state index contributed by atoms with van der Waals surface area (Å²) >= 11 is 0. The molecule has 4 N–H and O–H groups in total. The average molecular weight is 297 g/mol. The molecule has 0 amide bonds. The van der Waals surface area contributed by atoms with Crippen LogP contribution in [0.3, 0.4) is 0 Å². The summed E-state index contributed by atoms with van der Waals surface area (Å²) in [6.45, 7) is -0.0216. The molecule has 9 nitrogen and oxygen atoms in total. The predicted octanol–water partition coefficient (Wildman–Crippen LogP) is 0.379. The van der Waals surface area contributed by atoms with Crippen molar-refractivity contribution in [2.45, 2.75) is 11.4 Å². The summed E-state index contributed by atoms with van der Waals surface area (Å²) in [4.78, 5) is 16.4. The van der Waals surface area contributed by atoms with E-state index in [0.29, 0.717) is 5.82 Å². The molecule has 0 bridgehead atoms. The number of aromatic amines is 1. The molecule has 0 aliphatic heterocycles. The summed E-state index contributed by atoms with van der Waals surface area (Å²) in [5, 5.41) is 10.6. The van der Waals surface area contributed by atoms with Crippen LogP contribution in [0.15, 0.2) is 35.5 Å². The quantitative estimate of drug-likeness (QED) is 0.413. The Morgan fingerprint density at radius 1 is 1.45 bits per heavy atom. The highest BCUT2D eigenvalue weighted by Gasteiger charge is 2.19. The third kappa shape index (κ3) is 2.92. The van der Waals surface area contributed by atoms with Crippen LogP contribution in [0.5, 0.6) is 0 Å². The van der Waals surface area contributed by atoms with Gasteiger partial charge in [0.2, 0.25) is 10.0 Å². The van der Waals surface area contributed by atoms with Crippen LogP contribution < -0.4 is 10.5 Å². The van der Waals surface area contributed by atoms with Gasteiger partial charge in [0.05, 0.1) is 16.4 Å². The number of hydrogen-bond donors (Lipinski definition) is 3. The Labute approximate surface area is 114 Å². The zero-order valence-electron chi connectivity index (χ0n) is 10.1. The van der Waals surface area contributed by atoms with E-state index in [4.69, 9.17) is 5.73 Å². The third-order valence-corrected chi connectivity index (χ3v) is 3.89. The van der Waals surface area contributed by atoms with Gasteiger partial charge in [0, 0.05) is 18.5 Å². The zero-order valence-corrected chi connectivity index (χ0v) is 10.9. The Kier molecular flexibility index (Phi) is 3.68. The Bertz CT molecular complexity index is 726. The molecule has 1 aromatic carbocycles. The monoisotopic (exact) mass is 297 g/mol. The number of nitrogen functional groups attached to an aromatic ring is 1. The van der Waals surface area contributed by atoms with Crippen LogP contribution in [0, 0.1) is 10.1 Å². The number of imidazole rings is 1. The van der Waals surface area contributed by atoms with E-state index in [0.717, 1.165) is 18.2 Å². The highest BCUT2D eigenvalue weighted by molar-refractivity contribution is 7.89. The molecular formula is C10H11N5O4S. The number of nitro groups is 1. The summed E-state index contributed by atoms with van der Waals surface area (Å²) in [5.41, 5.74) is 4.91. The van der Waals surface area contributed by atoms with Gasteiger partial charge in [0.15, 0.2) is 0 Å². The van der Waals surface area contributed by atoms with E-state index in [1.54, 1.807) is 6.20 Å². The van der Waals surface area contributed by atoms with E-state index in [1.165, 1.54) is 6.20 Å². The molecule has 0 saturated carbocycles. The first kappa shape index (κ1) is 14.0. The number of anilines is 1. The van der Waals surface area contributed by atoms with Crippen LogP contribution in [0.4, 0.5) is 11.4 Å². The second-order valence-electron chi connectivity index (χ2n) is 3.84. The number of nitrogens with one attached hydrogen (secondary N) is 2. The number of nitrogens with zero attached hydrogens (tertiary/aromatic N) is 2. The van der Waals surface area contributed by atoms with Crippen molar-refractivity contribution in [2.75, 3.05) is 5.73 Å². The zero-order chi connectivity index (χ0) is 14.8. The maximum Gasteiger partial charge on any atom is 0.292 e. The van der Waals surface area contributed by atoms with Crippen LogP contribution in [0.2, 0.25) is 0 Å². The smallest absolute Gasteiger partial charge is 0.292 e. The Morgan fingerprint density at radius 2 is 2.20 bits per heavy atom. The Morgan fingerprint density at radius 3 is 2.75 bits per heavy atom. The molecule has 20 heavy (non-hydrogen) atoms. The van der Waals surface area contributed by atoms with Gasteiger partial charge in [-0.1, -0.05) is 0 Å². The van der Waals surface area contributed by atoms with Crippen LogP contribution in [-0.4, -0.2) is 23.3 Å². The summed E-state index contributed by atoms with van der Waals surface area (Å²) in [6.07, 6.45) is 3.06. The number of benzene rings is 1. The molecule has 10 heteroatoms. The number of aromatic nitrogens is 2. The number of sulfonamides is 1. The van der Waals surface area contributed by atoms with Crippen molar-refractivity contribution in [3.05, 3.63) is 46.5 Å². The number of nitro benzene ring substituents is 1. The highest BCUT2D eigenvalue weighted by atomic mass is 32.2. The number of rotatable bonds is 5. The number of nitrogens with two attached hydrogens (primary N) is 1. The van der Waals surface area contributed by atoms with Crippen molar-refractivity contribution < 1.29 is 13.3 Å². The van der Waals surface area contributed by atoms with Gasteiger partial charge in [-0.25, -0.2) is 18.1 Å². The van der Waals surface area contributed by atoms with Crippen molar-refractivity contribution in [3.8, 4) is 0 Å². The summed E-state index contributed by atoms with van der Waals surface area (Å²) < 4.78 is 26.3. The molecule has 0 atom stereocenters. The van der Waals surface area contributed by atoms with Gasteiger partial charge in [0.25, 0.3) is 5.69 Å². The third-order valence-electron chi connectivity index (χ3n) is 2.49. The minimum atomic E-state index is -3.81. The van der Waals surface area contributed by atoms with E-state index < -0.39 is 14.9 Å². The fraction of sp³-hybridized carbons (Fsp3) is 0.100. The standard InChI is InChI=1S/C10H11N5O4S/c11-8-5-7(1-2-9(8)15(16)17)20(18,19)14-6-10-12-3-4-13-10/h1-5,14H,6,11H2,(H,12,13). The molecular weight excluding hydrogens is 286 g/mol. The van der Waals surface area contributed by atoms with Crippen LogP contribution in [-0.2, 0) is 16.6 Å². The van der Waals surface area contributed by atoms with Crippen molar-refractivity contribution in [1.29, 1.82) is 0 Å². The van der Waals surface area contributed by atoms with Gasteiger partial charge >= 0.3 is 0 Å². The predicted molar refractivity (Wildman–Crippen MR) is 70.1 cm³/mol. The lowest BCUT2D eigenvalue weighted by Crippen LogP contribution is -2.24. The average Bonchev–Trinajstić information content (AvgIpc) is 2.89. The normalized spacial score (nSPS) is 11.4. The highest BCUT2D eigenvalue weighted by Crippen LogP contribution is 2.24.